The summed E-state index contributed by atoms with van der Waals surface area (Å²) in [6.45, 7) is 1.51. The Morgan fingerprint density at radius 1 is 1.71 bits per heavy atom. The highest BCUT2D eigenvalue weighted by Crippen LogP contribution is 2.31. The van der Waals surface area contributed by atoms with Crippen LogP contribution >= 0.6 is 38.9 Å². The number of carbonyl (C=O) groups excluding carboxylic acids is 1. The average molecular weight is 295 g/mol. The molecule has 0 radical (unpaired) electrons. The number of carbonyl (C=O) groups is 1. The molecular weight excluding hydrogens is 286 g/mol. The predicted molar refractivity (Wildman–Crippen MR) is 61.9 cm³/mol. The fourth-order valence-corrected chi connectivity index (χ4v) is 3.51. The molecule has 76 valence electrons. The topological polar surface area (TPSA) is 20.3 Å². The molecule has 1 aliphatic heterocycles. The van der Waals surface area contributed by atoms with E-state index in [0.29, 0.717) is 6.54 Å². The van der Waals surface area contributed by atoms with Gasteiger partial charge in [-0.1, -0.05) is 0 Å². The van der Waals surface area contributed by atoms with Crippen molar-refractivity contribution in [1.82, 2.24) is 4.90 Å². The maximum atomic E-state index is 11.4. The van der Waals surface area contributed by atoms with E-state index in [2.05, 4.69) is 22.0 Å². The second-order valence-electron chi connectivity index (χ2n) is 3.20. The van der Waals surface area contributed by atoms with E-state index < -0.39 is 0 Å². The van der Waals surface area contributed by atoms with E-state index >= 15 is 0 Å². The first-order chi connectivity index (χ1) is 6.70. The van der Waals surface area contributed by atoms with Gasteiger partial charge in [0, 0.05) is 18.0 Å². The SMILES string of the molecule is O=C(CCl)N1CCc2sc(Br)cc2C1. The maximum Gasteiger partial charge on any atom is 0.237 e. The third-order valence-corrected chi connectivity index (χ3v) is 4.27. The van der Waals surface area contributed by atoms with Crippen molar-refractivity contribution in [2.45, 2.75) is 13.0 Å². The molecule has 2 heterocycles. The highest BCUT2D eigenvalue weighted by molar-refractivity contribution is 9.11. The molecule has 0 saturated heterocycles. The lowest BCUT2D eigenvalue weighted by Crippen LogP contribution is -2.36. The molecule has 1 aromatic heterocycles. The summed E-state index contributed by atoms with van der Waals surface area (Å²) in [4.78, 5) is 14.6. The molecule has 0 bridgehead atoms. The second kappa shape index (κ2) is 4.21. The Hall–Kier alpha value is -0.0600. The zero-order valence-electron chi connectivity index (χ0n) is 7.43. The van der Waals surface area contributed by atoms with Crippen LogP contribution in [0.4, 0.5) is 0 Å². The minimum absolute atomic E-state index is 0.0274. The van der Waals surface area contributed by atoms with Gasteiger partial charge in [-0.25, -0.2) is 0 Å². The van der Waals surface area contributed by atoms with Crippen LogP contribution in [-0.4, -0.2) is 23.2 Å². The second-order valence-corrected chi connectivity index (χ2v) is 5.98. The van der Waals surface area contributed by atoms with Crippen LogP contribution in [-0.2, 0) is 17.8 Å². The van der Waals surface area contributed by atoms with Gasteiger partial charge in [0.25, 0.3) is 0 Å². The maximum absolute atomic E-state index is 11.4. The Morgan fingerprint density at radius 3 is 3.21 bits per heavy atom. The molecule has 1 amide bonds. The van der Waals surface area contributed by atoms with Gasteiger partial charge in [-0.2, -0.15) is 0 Å². The number of nitrogens with zero attached hydrogens (tertiary/aromatic N) is 1. The van der Waals surface area contributed by atoms with E-state index in [0.717, 1.165) is 16.8 Å². The first-order valence-electron chi connectivity index (χ1n) is 4.31. The molecule has 2 nitrogen and oxygen atoms in total. The molecule has 0 unspecified atom stereocenters. The van der Waals surface area contributed by atoms with Crippen LogP contribution in [0.25, 0.3) is 0 Å². The van der Waals surface area contributed by atoms with Crippen LogP contribution in [0.1, 0.15) is 10.4 Å². The van der Waals surface area contributed by atoms with Gasteiger partial charge in [-0.15, -0.1) is 22.9 Å². The molecular formula is C9H9BrClNOS. The summed E-state index contributed by atoms with van der Waals surface area (Å²) < 4.78 is 1.14. The highest BCUT2D eigenvalue weighted by Gasteiger charge is 2.21. The van der Waals surface area contributed by atoms with E-state index in [1.807, 2.05) is 4.90 Å². The van der Waals surface area contributed by atoms with Crippen molar-refractivity contribution in [3.05, 3.63) is 20.3 Å². The lowest BCUT2D eigenvalue weighted by atomic mass is 10.1. The highest BCUT2D eigenvalue weighted by atomic mass is 79.9. The molecule has 0 aromatic carbocycles. The first-order valence-corrected chi connectivity index (χ1v) is 6.46. The Labute approximate surface area is 100.0 Å². The zero-order chi connectivity index (χ0) is 10.1. The predicted octanol–water partition coefficient (Wildman–Crippen LogP) is 2.63. The number of hydrogen-bond acceptors (Lipinski definition) is 2. The Morgan fingerprint density at radius 2 is 2.50 bits per heavy atom. The minimum atomic E-state index is 0.0274. The Balaban J connectivity index is 2.16. The van der Waals surface area contributed by atoms with E-state index in [9.17, 15) is 4.79 Å². The van der Waals surface area contributed by atoms with Crippen molar-refractivity contribution in [2.24, 2.45) is 0 Å². The summed E-state index contributed by atoms with van der Waals surface area (Å²) in [6.07, 6.45) is 0.953. The van der Waals surface area contributed by atoms with Crippen molar-refractivity contribution in [1.29, 1.82) is 0 Å². The number of halogens is 2. The van der Waals surface area contributed by atoms with E-state index in [1.54, 1.807) is 11.3 Å². The molecule has 2 rings (SSSR count). The summed E-state index contributed by atoms with van der Waals surface area (Å²) in [7, 11) is 0. The van der Waals surface area contributed by atoms with Crippen LogP contribution in [0.2, 0.25) is 0 Å². The lowest BCUT2D eigenvalue weighted by Gasteiger charge is -2.26. The molecule has 0 N–H and O–H groups in total. The molecule has 0 spiro atoms. The zero-order valence-corrected chi connectivity index (χ0v) is 10.6. The molecule has 0 fully saturated rings. The van der Waals surface area contributed by atoms with Crippen molar-refractivity contribution < 1.29 is 4.79 Å². The average Bonchev–Trinajstić information content (AvgIpc) is 2.55. The number of amides is 1. The van der Waals surface area contributed by atoms with E-state index in [-0.39, 0.29) is 11.8 Å². The third kappa shape index (κ3) is 1.97. The van der Waals surface area contributed by atoms with Crippen LogP contribution in [0.3, 0.4) is 0 Å². The quantitative estimate of drug-likeness (QED) is 0.729. The van der Waals surface area contributed by atoms with E-state index in [4.69, 9.17) is 11.6 Å². The van der Waals surface area contributed by atoms with Crippen LogP contribution < -0.4 is 0 Å². The fraction of sp³-hybridized carbons (Fsp3) is 0.444. The molecule has 1 aromatic rings. The number of fused-ring (bicyclic) bond motifs is 1. The van der Waals surface area contributed by atoms with Gasteiger partial charge in [-0.3, -0.25) is 4.79 Å². The van der Waals surface area contributed by atoms with Crippen LogP contribution in [0.5, 0.6) is 0 Å². The standard InChI is InChI=1S/C9H9BrClNOS/c10-8-3-6-5-12(9(13)4-11)2-1-7(6)14-8/h3H,1-2,4-5H2. The summed E-state index contributed by atoms with van der Waals surface area (Å²) in [5, 5.41) is 0. The number of thiophene rings is 1. The minimum Gasteiger partial charge on any atom is -0.337 e. The smallest absolute Gasteiger partial charge is 0.237 e. The summed E-state index contributed by atoms with van der Waals surface area (Å²) in [5.74, 6) is 0.111. The van der Waals surface area contributed by atoms with Crippen LogP contribution in [0.15, 0.2) is 9.85 Å². The van der Waals surface area contributed by atoms with Gasteiger partial charge < -0.3 is 4.90 Å². The molecule has 0 saturated carbocycles. The summed E-state index contributed by atoms with van der Waals surface area (Å²) in [6, 6.07) is 2.09. The Kier molecular flexibility index (Phi) is 3.14. The lowest BCUT2D eigenvalue weighted by molar-refractivity contribution is -0.129. The largest absolute Gasteiger partial charge is 0.337 e. The number of hydrogen-bond donors (Lipinski definition) is 0. The third-order valence-electron chi connectivity index (χ3n) is 2.30. The van der Waals surface area contributed by atoms with Gasteiger partial charge >= 0.3 is 0 Å². The van der Waals surface area contributed by atoms with Crippen molar-refractivity contribution in [2.75, 3.05) is 12.4 Å². The van der Waals surface area contributed by atoms with Gasteiger partial charge in [-0.05, 0) is 34.0 Å². The van der Waals surface area contributed by atoms with Crippen molar-refractivity contribution in [3.8, 4) is 0 Å². The Bertz CT molecular complexity index is 366. The molecule has 0 atom stereocenters. The number of alkyl halides is 1. The molecule has 0 aliphatic carbocycles. The van der Waals surface area contributed by atoms with Gasteiger partial charge in [0.05, 0.1) is 3.79 Å². The van der Waals surface area contributed by atoms with Crippen molar-refractivity contribution in [3.63, 3.8) is 0 Å². The molecule has 5 heteroatoms. The number of rotatable bonds is 1. The summed E-state index contributed by atoms with van der Waals surface area (Å²) in [5.41, 5.74) is 1.26. The molecule has 14 heavy (non-hydrogen) atoms. The van der Waals surface area contributed by atoms with Gasteiger partial charge in [0.15, 0.2) is 0 Å². The summed E-state index contributed by atoms with van der Waals surface area (Å²) >= 11 is 10.7. The van der Waals surface area contributed by atoms with Crippen LogP contribution in [0, 0.1) is 0 Å². The normalized spacial score (nSPS) is 15.4. The fourth-order valence-electron chi connectivity index (χ4n) is 1.59. The molecule has 1 aliphatic rings. The van der Waals surface area contributed by atoms with E-state index in [1.165, 1.54) is 10.4 Å². The first kappa shape index (κ1) is 10.5. The van der Waals surface area contributed by atoms with Crippen molar-refractivity contribution >= 4 is 44.8 Å². The van der Waals surface area contributed by atoms with Gasteiger partial charge in [0.2, 0.25) is 5.91 Å². The van der Waals surface area contributed by atoms with Gasteiger partial charge in [0.1, 0.15) is 5.88 Å². The monoisotopic (exact) mass is 293 g/mol.